The molecular formula is C30H26O8. The number of rotatable bonds is 3. The Bertz CT molecular complexity index is 1500. The van der Waals surface area contributed by atoms with E-state index in [0.29, 0.717) is 28.9 Å². The van der Waals surface area contributed by atoms with E-state index >= 15 is 0 Å². The molecule has 0 spiro atoms. The van der Waals surface area contributed by atoms with E-state index in [1.165, 1.54) is 24.3 Å². The summed E-state index contributed by atoms with van der Waals surface area (Å²) in [5, 5.41) is 62.4. The average molecular weight is 515 g/mol. The lowest BCUT2D eigenvalue weighted by molar-refractivity contribution is 0.0186. The molecule has 6 rings (SSSR count). The number of benzene rings is 4. The molecule has 194 valence electrons. The van der Waals surface area contributed by atoms with Crippen molar-refractivity contribution in [3.05, 3.63) is 101 Å². The van der Waals surface area contributed by atoms with Gasteiger partial charge in [0, 0.05) is 41.2 Å². The van der Waals surface area contributed by atoms with Gasteiger partial charge in [0.05, 0.1) is 6.10 Å². The van der Waals surface area contributed by atoms with E-state index in [1.54, 1.807) is 48.5 Å². The van der Waals surface area contributed by atoms with E-state index in [4.69, 9.17) is 9.47 Å². The third-order valence-corrected chi connectivity index (χ3v) is 7.31. The highest BCUT2D eigenvalue weighted by Crippen LogP contribution is 2.54. The van der Waals surface area contributed by atoms with E-state index in [2.05, 4.69) is 0 Å². The monoisotopic (exact) mass is 514 g/mol. The minimum atomic E-state index is -0.973. The molecule has 0 saturated carbocycles. The van der Waals surface area contributed by atoms with Crippen LogP contribution in [0.4, 0.5) is 0 Å². The minimum absolute atomic E-state index is 0.0255. The predicted octanol–water partition coefficient (Wildman–Crippen LogP) is 4.91. The molecule has 1 unspecified atom stereocenters. The van der Waals surface area contributed by atoms with Gasteiger partial charge in [0.1, 0.15) is 52.5 Å². The molecule has 0 aromatic heterocycles. The highest BCUT2D eigenvalue weighted by Gasteiger charge is 2.39. The maximum atomic E-state index is 11.2. The van der Waals surface area contributed by atoms with Crippen LogP contribution in [-0.2, 0) is 6.42 Å². The number of ether oxygens (including phenoxy) is 2. The molecule has 2 heterocycles. The van der Waals surface area contributed by atoms with E-state index in [1.807, 2.05) is 0 Å². The van der Waals surface area contributed by atoms with Gasteiger partial charge in [-0.1, -0.05) is 30.3 Å². The number of fused-ring (bicyclic) bond motifs is 2. The third-order valence-electron chi connectivity index (χ3n) is 7.31. The van der Waals surface area contributed by atoms with Crippen molar-refractivity contribution in [2.24, 2.45) is 0 Å². The second-order valence-electron chi connectivity index (χ2n) is 9.75. The maximum absolute atomic E-state index is 11.2. The van der Waals surface area contributed by atoms with Crippen LogP contribution in [-0.4, -0.2) is 36.7 Å². The Morgan fingerprint density at radius 2 is 1.29 bits per heavy atom. The number of hydrogen-bond acceptors (Lipinski definition) is 8. The van der Waals surface area contributed by atoms with Crippen molar-refractivity contribution in [3.63, 3.8) is 0 Å². The van der Waals surface area contributed by atoms with Crippen LogP contribution in [0.2, 0.25) is 0 Å². The zero-order valence-corrected chi connectivity index (χ0v) is 20.2. The summed E-state index contributed by atoms with van der Waals surface area (Å²) in [6.45, 7) is 0. The zero-order chi connectivity index (χ0) is 26.6. The normalized spacial score (nSPS) is 22.0. The molecule has 0 fully saturated rings. The van der Waals surface area contributed by atoms with Gasteiger partial charge in [-0.05, 0) is 47.9 Å². The van der Waals surface area contributed by atoms with E-state index in [9.17, 15) is 30.6 Å². The molecule has 4 aromatic carbocycles. The summed E-state index contributed by atoms with van der Waals surface area (Å²) >= 11 is 0. The molecule has 4 aromatic rings. The first-order chi connectivity index (χ1) is 18.3. The summed E-state index contributed by atoms with van der Waals surface area (Å²) in [6, 6.07) is 19.0. The van der Waals surface area contributed by atoms with Gasteiger partial charge in [0.15, 0.2) is 0 Å². The van der Waals surface area contributed by atoms with Crippen LogP contribution in [0, 0.1) is 0 Å². The van der Waals surface area contributed by atoms with Crippen LogP contribution in [0.3, 0.4) is 0 Å². The summed E-state index contributed by atoms with van der Waals surface area (Å²) in [4.78, 5) is 0. The SMILES string of the molecule is Oc1ccc(C2C[C@@H](c3c(O)cc(O)c4c3O[C@H](c3ccc(O)cc3)[C@@H](O)C4)c3ccc(O)cc3O2)cc1. The second kappa shape index (κ2) is 9.08. The summed E-state index contributed by atoms with van der Waals surface area (Å²) < 4.78 is 12.6. The van der Waals surface area contributed by atoms with Gasteiger partial charge in [0.2, 0.25) is 0 Å². The second-order valence-corrected chi connectivity index (χ2v) is 9.75. The van der Waals surface area contributed by atoms with Crippen molar-refractivity contribution in [1.82, 2.24) is 0 Å². The van der Waals surface area contributed by atoms with Gasteiger partial charge >= 0.3 is 0 Å². The zero-order valence-electron chi connectivity index (χ0n) is 20.2. The number of aromatic hydroxyl groups is 5. The van der Waals surface area contributed by atoms with E-state index < -0.39 is 24.2 Å². The molecule has 6 N–H and O–H groups in total. The van der Waals surface area contributed by atoms with Crippen molar-refractivity contribution >= 4 is 0 Å². The lowest BCUT2D eigenvalue weighted by Gasteiger charge is -2.37. The quantitative estimate of drug-likeness (QED) is 0.227. The molecule has 0 amide bonds. The summed E-state index contributed by atoms with van der Waals surface area (Å²) in [5.41, 5.74) is 2.97. The summed E-state index contributed by atoms with van der Waals surface area (Å²) in [7, 11) is 0. The summed E-state index contributed by atoms with van der Waals surface area (Å²) in [6.07, 6.45) is -1.76. The van der Waals surface area contributed by atoms with Gasteiger partial charge in [-0.15, -0.1) is 0 Å². The van der Waals surface area contributed by atoms with Crippen LogP contribution in [0.25, 0.3) is 0 Å². The number of phenols is 5. The van der Waals surface area contributed by atoms with Crippen LogP contribution >= 0.6 is 0 Å². The Labute approximate surface area is 218 Å². The molecule has 0 bridgehead atoms. The number of hydrogen-bond donors (Lipinski definition) is 6. The van der Waals surface area contributed by atoms with Crippen LogP contribution in [0.15, 0.2) is 72.8 Å². The Morgan fingerprint density at radius 1 is 0.658 bits per heavy atom. The van der Waals surface area contributed by atoms with Crippen molar-refractivity contribution in [2.75, 3.05) is 0 Å². The molecule has 38 heavy (non-hydrogen) atoms. The summed E-state index contributed by atoms with van der Waals surface area (Å²) in [5.74, 6) is 0.137. The fourth-order valence-corrected chi connectivity index (χ4v) is 5.46. The molecule has 2 aliphatic heterocycles. The molecule has 8 nitrogen and oxygen atoms in total. The van der Waals surface area contributed by atoms with Crippen molar-refractivity contribution in [1.29, 1.82) is 0 Å². The minimum Gasteiger partial charge on any atom is -0.508 e. The fourth-order valence-electron chi connectivity index (χ4n) is 5.46. The Hall–Kier alpha value is -4.56. The largest absolute Gasteiger partial charge is 0.508 e. The fraction of sp³-hybridized carbons (Fsp3) is 0.200. The first kappa shape index (κ1) is 23.8. The predicted molar refractivity (Wildman–Crippen MR) is 137 cm³/mol. The van der Waals surface area contributed by atoms with Crippen LogP contribution in [0.1, 0.15) is 52.4 Å². The van der Waals surface area contributed by atoms with Crippen molar-refractivity contribution in [3.8, 4) is 40.2 Å². The van der Waals surface area contributed by atoms with Gasteiger partial charge < -0.3 is 40.1 Å². The van der Waals surface area contributed by atoms with Gasteiger partial charge in [0.25, 0.3) is 0 Å². The molecule has 2 aliphatic rings. The number of aliphatic hydroxyl groups excluding tert-OH is 1. The molecular weight excluding hydrogens is 488 g/mol. The standard InChI is InChI=1S/C30H26O8/c31-17-5-1-15(2-6-17)26-13-21(20-10-9-19(33)11-27(20)37-26)28-24(35)14-23(34)22-12-25(36)29(38-30(22)28)16-3-7-18(32)8-4-16/h1-11,14,21,25-26,29,31-36H,12-13H2/t21-,25+,26?,29-/m1/s1. The highest BCUT2D eigenvalue weighted by atomic mass is 16.5. The first-order valence-corrected chi connectivity index (χ1v) is 12.3. The van der Waals surface area contributed by atoms with Crippen LogP contribution in [0.5, 0.6) is 40.2 Å². The Morgan fingerprint density at radius 3 is 1.97 bits per heavy atom. The number of phenolic OH excluding ortho intramolecular Hbond substituents is 5. The Balaban J connectivity index is 1.49. The van der Waals surface area contributed by atoms with Gasteiger partial charge in [-0.3, -0.25) is 0 Å². The lowest BCUT2D eigenvalue weighted by atomic mass is 9.79. The van der Waals surface area contributed by atoms with E-state index in [-0.39, 0.29) is 40.9 Å². The molecule has 4 atom stereocenters. The van der Waals surface area contributed by atoms with Gasteiger partial charge in [-0.25, -0.2) is 0 Å². The lowest BCUT2D eigenvalue weighted by Crippen LogP contribution is -2.31. The first-order valence-electron chi connectivity index (χ1n) is 12.3. The van der Waals surface area contributed by atoms with Crippen molar-refractivity contribution < 1.29 is 40.1 Å². The molecule has 0 saturated heterocycles. The van der Waals surface area contributed by atoms with Crippen LogP contribution < -0.4 is 9.47 Å². The maximum Gasteiger partial charge on any atom is 0.150 e. The molecule has 0 aliphatic carbocycles. The molecule has 0 radical (unpaired) electrons. The van der Waals surface area contributed by atoms with Gasteiger partial charge in [-0.2, -0.15) is 0 Å². The topological polar surface area (TPSA) is 140 Å². The van der Waals surface area contributed by atoms with Crippen molar-refractivity contribution in [2.45, 2.75) is 37.1 Å². The smallest absolute Gasteiger partial charge is 0.150 e. The Kier molecular flexibility index (Phi) is 5.69. The van der Waals surface area contributed by atoms with E-state index in [0.717, 1.165) is 11.1 Å². The highest BCUT2D eigenvalue weighted by molar-refractivity contribution is 5.63. The molecule has 8 heteroatoms. The number of aliphatic hydroxyl groups is 1. The average Bonchev–Trinajstić information content (AvgIpc) is 2.89. The third kappa shape index (κ3) is 4.09.